The van der Waals surface area contributed by atoms with Gasteiger partial charge in [0.15, 0.2) is 11.5 Å². The third-order valence-corrected chi connectivity index (χ3v) is 3.43. The van der Waals surface area contributed by atoms with Crippen molar-refractivity contribution in [3.05, 3.63) is 23.3 Å². The Kier molecular flexibility index (Phi) is 3.89. The number of nitrogens with one attached hydrogen (secondary N) is 1. The zero-order valence-corrected chi connectivity index (χ0v) is 10.3. The Hall–Kier alpha value is -1.43. The number of hydrogen-bond acceptors (Lipinski definition) is 3. The normalized spacial score (nSPS) is 20.5. The fourth-order valence-electron chi connectivity index (χ4n) is 2.44. The van der Waals surface area contributed by atoms with Crippen molar-refractivity contribution >= 4 is 0 Å². The predicted molar refractivity (Wildman–Crippen MR) is 64.1 cm³/mol. The van der Waals surface area contributed by atoms with Crippen LogP contribution in [0, 0.1) is 0 Å². The minimum Gasteiger partial charge on any atom is -0.504 e. The molecule has 1 saturated heterocycles. The lowest BCUT2D eigenvalue weighted by Gasteiger charge is -2.25. The van der Waals surface area contributed by atoms with E-state index in [1.165, 1.54) is 0 Å². The Labute approximate surface area is 109 Å². The van der Waals surface area contributed by atoms with Crippen LogP contribution < -0.4 is 5.32 Å². The molecule has 1 heterocycles. The number of benzene rings is 1. The molecular weight excluding hydrogens is 259 g/mol. The molecule has 1 unspecified atom stereocenters. The summed E-state index contributed by atoms with van der Waals surface area (Å²) < 4.78 is 38.7. The van der Waals surface area contributed by atoms with Crippen LogP contribution in [-0.2, 0) is 12.6 Å². The lowest BCUT2D eigenvalue weighted by Crippen LogP contribution is -2.36. The number of piperidine rings is 1. The van der Waals surface area contributed by atoms with Crippen LogP contribution in [0.2, 0.25) is 0 Å². The zero-order chi connectivity index (χ0) is 14.0. The van der Waals surface area contributed by atoms with Gasteiger partial charge >= 0.3 is 6.18 Å². The van der Waals surface area contributed by atoms with E-state index in [1.54, 1.807) is 0 Å². The van der Waals surface area contributed by atoms with Gasteiger partial charge in [0.1, 0.15) is 0 Å². The molecule has 3 N–H and O–H groups in total. The average molecular weight is 275 g/mol. The Morgan fingerprint density at radius 1 is 1.21 bits per heavy atom. The quantitative estimate of drug-likeness (QED) is 0.727. The number of rotatable bonds is 2. The van der Waals surface area contributed by atoms with Crippen LogP contribution in [0.4, 0.5) is 13.2 Å². The summed E-state index contributed by atoms with van der Waals surface area (Å²) in [7, 11) is 0. The second kappa shape index (κ2) is 5.28. The van der Waals surface area contributed by atoms with Gasteiger partial charge in [0.25, 0.3) is 0 Å². The Balaban J connectivity index is 2.33. The highest BCUT2D eigenvalue weighted by Crippen LogP contribution is 2.40. The number of hydrogen-bond donors (Lipinski definition) is 3. The van der Waals surface area contributed by atoms with Gasteiger partial charge in [-0.15, -0.1) is 0 Å². The summed E-state index contributed by atoms with van der Waals surface area (Å²) in [5.41, 5.74) is -1.11. The van der Waals surface area contributed by atoms with Crippen molar-refractivity contribution in [2.75, 3.05) is 6.54 Å². The van der Waals surface area contributed by atoms with E-state index in [1.807, 2.05) is 0 Å². The summed E-state index contributed by atoms with van der Waals surface area (Å²) in [4.78, 5) is 0. The maximum Gasteiger partial charge on any atom is 0.416 e. The SMILES string of the molecule is Oc1ccc(C(F)(F)F)c(CC2CCCCN2)c1O. The predicted octanol–water partition coefficient (Wildman–Crippen LogP) is 2.80. The number of alkyl halides is 3. The lowest BCUT2D eigenvalue weighted by atomic mass is 9.93. The van der Waals surface area contributed by atoms with Crippen molar-refractivity contribution in [1.82, 2.24) is 5.32 Å². The molecule has 1 atom stereocenters. The molecule has 1 aromatic carbocycles. The average Bonchev–Trinajstić information content (AvgIpc) is 2.35. The molecule has 1 aromatic rings. The minimum atomic E-state index is -4.53. The van der Waals surface area contributed by atoms with E-state index < -0.39 is 23.2 Å². The summed E-state index contributed by atoms with van der Waals surface area (Å²) in [5.74, 6) is -1.18. The van der Waals surface area contributed by atoms with Crippen LogP contribution in [0.5, 0.6) is 11.5 Å². The van der Waals surface area contributed by atoms with Crippen molar-refractivity contribution in [2.45, 2.75) is 37.9 Å². The van der Waals surface area contributed by atoms with Crippen LogP contribution in [0.15, 0.2) is 12.1 Å². The second-order valence-electron chi connectivity index (χ2n) is 4.81. The highest BCUT2D eigenvalue weighted by molar-refractivity contribution is 5.50. The molecule has 2 rings (SSSR count). The van der Waals surface area contributed by atoms with Gasteiger partial charge in [0, 0.05) is 11.6 Å². The molecule has 1 aliphatic rings. The van der Waals surface area contributed by atoms with Gasteiger partial charge in [0.2, 0.25) is 0 Å². The molecule has 19 heavy (non-hydrogen) atoms. The van der Waals surface area contributed by atoms with Gasteiger partial charge in [-0.1, -0.05) is 6.42 Å². The highest BCUT2D eigenvalue weighted by Gasteiger charge is 2.35. The summed E-state index contributed by atoms with van der Waals surface area (Å²) in [6, 6.07) is 1.59. The monoisotopic (exact) mass is 275 g/mol. The van der Waals surface area contributed by atoms with Crippen molar-refractivity contribution < 1.29 is 23.4 Å². The molecule has 0 amide bonds. The van der Waals surface area contributed by atoms with E-state index in [2.05, 4.69) is 5.32 Å². The smallest absolute Gasteiger partial charge is 0.416 e. The highest BCUT2D eigenvalue weighted by atomic mass is 19.4. The molecule has 0 bridgehead atoms. The van der Waals surface area contributed by atoms with Gasteiger partial charge in [-0.2, -0.15) is 13.2 Å². The first-order chi connectivity index (χ1) is 8.89. The number of phenols is 2. The molecule has 0 saturated carbocycles. The van der Waals surface area contributed by atoms with Crippen molar-refractivity contribution in [2.24, 2.45) is 0 Å². The van der Waals surface area contributed by atoms with E-state index in [9.17, 15) is 23.4 Å². The van der Waals surface area contributed by atoms with E-state index >= 15 is 0 Å². The van der Waals surface area contributed by atoms with Crippen molar-refractivity contribution in [3.8, 4) is 11.5 Å². The van der Waals surface area contributed by atoms with Crippen LogP contribution in [0.25, 0.3) is 0 Å². The fraction of sp³-hybridized carbons (Fsp3) is 0.538. The second-order valence-corrected chi connectivity index (χ2v) is 4.81. The van der Waals surface area contributed by atoms with Gasteiger partial charge in [0.05, 0.1) is 5.56 Å². The standard InChI is InChI=1S/C13H16F3NO2/c14-13(15,16)10-4-5-11(18)12(19)9(10)7-8-3-1-2-6-17-8/h4-5,8,17-19H,1-3,6-7H2. The van der Waals surface area contributed by atoms with E-state index in [0.717, 1.165) is 37.9 Å². The van der Waals surface area contributed by atoms with Gasteiger partial charge in [-0.25, -0.2) is 0 Å². The molecule has 6 heteroatoms. The summed E-state index contributed by atoms with van der Waals surface area (Å²) in [6.07, 6.45) is -1.73. The molecule has 3 nitrogen and oxygen atoms in total. The largest absolute Gasteiger partial charge is 0.504 e. The summed E-state index contributed by atoms with van der Waals surface area (Å²) in [5, 5.41) is 22.2. The maximum atomic E-state index is 12.9. The van der Waals surface area contributed by atoms with Crippen LogP contribution in [0.3, 0.4) is 0 Å². The third-order valence-electron chi connectivity index (χ3n) is 3.43. The van der Waals surface area contributed by atoms with Gasteiger partial charge < -0.3 is 15.5 Å². The van der Waals surface area contributed by atoms with E-state index in [-0.39, 0.29) is 18.0 Å². The number of phenolic OH excluding ortho intramolecular Hbond substituents is 2. The molecule has 1 aliphatic heterocycles. The molecule has 1 fully saturated rings. The number of halogens is 3. The van der Waals surface area contributed by atoms with Crippen LogP contribution in [0.1, 0.15) is 30.4 Å². The van der Waals surface area contributed by atoms with Crippen molar-refractivity contribution in [3.63, 3.8) is 0 Å². The Morgan fingerprint density at radius 2 is 1.95 bits per heavy atom. The Morgan fingerprint density at radius 3 is 2.53 bits per heavy atom. The van der Waals surface area contributed by atoms with Crippen LogP contribution in [-0.4, -0.2) is 22.8 Å². The minimum absolute atomic E-state index is 0.0646. The van der Waals surface area contributed by atoms with Gasteiger partial charge in [-0.3, -0.25) is 0 Å². The van der Waals surface area contributed by atoms with E-state index in [0.29, 0.717) is 0 Å². The summed E-state index contributed by atoms with van der Waals surface area (Å²) in [6.45, 7) is 0.769. The fourth-order valence-corrected chi connectivity index (χ4v) is 2.44. The summed E-state index contributed by atoms with van der Waals surface area (Å²) >= 11 is 0. The molecule has 0 spiro atoms. The molecular formula is C13H16F3NO2. The Bertz CT molecular complexity index is 454. The first kappa shape index (κ1) is 14.0. The zero-order valence-electron chi connectivity index (χ0n) is 10.3. The van der Waals surface area contributed by atoms with E-state index in [4.69, 9.17) is 0 Å². The molecule has 0 radical (unpaired) electrons. The van der Waals surface area contributed by atoms with Gasteiger partial charge in [-0.05, 0) is 37.9 Å². The lowest BCUT2D eigenvalue weighted by molar-refractivity contribution is -0.138. The third kappa shape index (κ3) is 3.12. The first-order valence-electron chi connectivity index (χ1n) is 6.24. The molecule has 0 aliphatic carbocycles. The first-order valence-corrected chi connectivity index (χ1v) is 6.24. The van der Waals surface area contributed by atoms with Crippen molar-refractivity contribution in [1.29, 1.82) is 0 Å². The maximum absolute atomic E-state index is 12.9. The van der Waals surface area contributed by atoms with Crippen LogP contribution >= 0.6 is 0 Å². The topological polar surface area (TPSA) is 52.5 Å². The number of aromatic hydroxyl groups is 2. The molecule has 0 aromatic heterocycles. The molecule has 106 valence electrons.